The van der Waals surface area contributed by atoms with Crippen molar-refractivity contribution in [1.29, 1.82) is 0 Å². The van der Waals surface area contributed by atoms with Gasteiger partial charge in [0, 0.05) is 0 Å². The van der Waals surface area contributed by atoms with Crippen LogP contribution in [-0.4, -0.2) is 6.54 Å². The molecule has 0 amide bonds. The topological polar surface area (TPSA) is 35.2 Å². The van der Waals surface area contributed by atoms with Crippen LogP contribution in [0.1, 0.15) is 16.7 Å². The molecule has 0 bridgehead atoms. The van der Waals surface area contributed by atoms with Crippen molar-refractivity contribution in [3.8, 4) is 5.75 Å². The Labute approximate surface area is 108 Å². The molecule has 2 nitrogen and oxygen atoms in total. The van der Waals surface area contributed by atoms with Crippen LogP contribution in [0.25, 0.3) is 0 Å². The van der Waals surface area contributed by atoms with E-state index in [2.05, 4.69) is 25.1 Å². The first-order chi connectivity index (χ1) is 8.81. The predicted molar refractivity (Wildman–Crippen MR) is 74.7 cm³/mol. The lowest BCUT2D eigenvalue weighted by atomic mass is 10.1. The smallest absolute Gasteiger partial charge is 0.122 e. The summed E-state index contributed by atoms with van der Waals surface area (Å²) in [6, 6.07) is 16.4. The molecule has 2 N–H and O–H groups in total. The minimum absolute atomic E-state index is 0.598. The van der Waals surface area contributed by atoms with Crippen molar-refractivity contribution in [2.75, 3.05) is 6.54 Å². The number of nitrogens with two attached hydrogens (primary N) is 1. The van der Waals surface area contributed by atoms with Gasteiger partial charge < -0.3 is 10.5 Å². The van der Waals surface area contributed by atoms with Crippen molar-refractivity contribution in [3.63, 3.8) is 0 Å². The van der Waals surface area contributed by atoms with E-state index in [9.17, 15) is 0 Å². The van der Waals surface area contributed by atoms with E-state index in [0.29, 0.717) is 13.2 Å². The molecule has 0 atom stereocenters. The Bertz CT molecular complexity index is 508. The number of hydrogen-bond acceptors (Lipinski definition) is 2. The second kappa shape index (κ2) is 6.22. The lowest BCUT2D eigenvalue weighted by molar-refractivity contribution is 0.303. The summed E-state index contributed by atoms with van der Waals surface area (Å²) >= 11 is 0. The van der Waals surface area contributed by atoms with Gasteiger partial charge in [0.25, 0.3) is 0 Å². The number of rotatable bonds is 5. The van der Waals surface area contributed by atoms with Gasteiger partial charge in [-0.1, -0.05) is 42.5 Å². The molecule has 0 aliphatic carbocycles. The predicted octanol–water partition coefficient (Wildman–Crippen LogP) is 3.08. The first-order valence-corrected chi connectivity index (χ1v) is 6.26. The molecule has 18 heavy (non-hydrogen) atoms. The molecular weight excluding hydrogens is 222 g/mol. The van der Waals surface area contributed by atoms with Crippen LogP contribution in [0.15, 0.2) is 48.5 Å². The molecule has 94 valence electrons. The average molecular weight is 241 g/mol. The maximum atomic E-state index is 5.87. The van der Waals surface area contributed by atoms with Gasteiger partial charge in [-0.15, -0.1) is 0 Å². The summed E-state index contributed by atoms with van der Waals surface area (Å²) < 4.78 is 5.87. The summed E-state index contributed by atoms with van der Waals surface area (Å²) in [4.78, 5) is 0. The van der Waals surface area contributed by atoms with Gasteiger partial charge in [-0.05, 0) is 42.6 Å². The van der Waals surface area contributed by atoms with Crippen molar-refractivity contribution in [3.05, 3.63) is 65.2 Å². The lowest BCUT2D eigenvalue weighted by Gasteiger charge is -2.12. The molecule has 2 aromatic rings. The van der Waals surface area contributed by atoms with Crippen molar-refractivity contribution in [2.24, 2.45) is 5.73 Å². The Morgan fingerprint density at radius 3 is 2.33 bits per heavy atom. The minimum atomic E-state index is 0.598. The monoisotopic (exact) mass is 241 g/mol. The third-order valence-corrected chi connectivity index (χ3v) is 3.01. The van der Waals surface area contributed by atoms with E-state index in [-0.39, 0.29) is 0 Å². The fraction of sp³-hybridized carbons (Fsp3) is 0.250. The highest BCUT2D eigenvalue weighted by molar-refractivity contribution is 5.33. The first kappa shape index (κ1) is 12.7. The van der Waals surface area contributed by atoms with Crippen molar-refractivity contribution in [2.45, 2.75) is 20.0 Å². The number of ether oxygens (including phenoxy) is 1. The summed E-state index contributed by atoms with van der Waals surface area (Å²) in [6.07, 6.45) is 0.896. The molecule has 0 aromatic heterocycles. The second-order valence-corrected chi connectivity index (χ2v) is 4.36. The van der Waals surface area contributed by atoms with Crippen LogP contribution in [-0.2, 0) is 13.0 Å². The maximum Gasteiger partial charge on any atom is 0.122 e. The minimum Gasteiger partial charge on any atom is -0.489 e. The van der Waals surface area contributed by atoms with Gasteiger partial charge in [0.2, 0.25) is 0 Å². The van der Waals surface area contributed by atoms with Crippen molar-refractivity contribution < 1.29 is 4.74 Å². The number of aryl methyl sites for hydroxylation is 1. The van der Waals surface area contributed by atoms with Crippen molar-refractivity contribution >= 4 is 0 Å². The molecule has 0 heterocycles. The van der Waals surface area contributed by atoms with Crippen molar-refractivity contribution in [1.82, 2.24) is 0 Å². The Morgan fingerprint density at radius 2 is 1.61 bits per heavy atom. The highest BCUT2D eigenvalue weighted by Crippen LogP contribution is 2.19. The van der Waals surface area contributed by atoms with Gasteiger partial charge in [-0.3, -0.25) is 0 Å². The molecule has 2 aromatic carbocycles. The van der Waals surface area contributed by atoms with Gasteiger partial charge in [0.15, 0.2) is 0 Å². The maximum absolute atomic E-state index is 5.87. The second-order valence-electron chi connectivity index (χ2n) is 4.36. The molecule has 0 saturated carbocycles. The van der Waals surface area contributed by atoms with Crippen LogP contribution in [0.3, 0.4) is 0 Å². The molecule has 0 unspecified atom stereocenters. The van der Waals surface area contributed by atoms with E-state index in [1.807, 2.05) is 30.3 Å². The Balaban J connectivity index is 2.08. The molecule has 0 aliphatic rings. The first-order valence-electron chi connectivity index (χ1n) is 6.26. The van der Waals surface area contributed by atoms with Gasteiger partial charge in [-0.2, -0.15) is 0 Å². The summed E-state index contributed by atoms with van der Waals surface area (Å²) in [5.41, 5.74) is 9.27. The third kappa shape index (κ3) is 3.11. The Kier molecular flexibility index (Phi) is 4.37. The number of hydrogen-bond donors (Lipinski definition) is 1. The number of benzene rings is 2. The van der Waals surface area contributed by atoms with Crippen LogP contribution in [0.2, 0.25) is 0 Å². The molecule has 0 aliphatic heterocycles. The van der Waals surface area contributed by atoms with Crippen LogP contribution in [0.4, 0.5) is 0 Å². The van der Waals surface area contributed by atoms with Crippen LogP contribution >= 0.6 is 0 Å². The van der Waals surface area contributed by atoms with E-state index in [1.165, 1.54) is 11.1 Å². The molecule has 0 spiro atoms. The SMILES string of the molecule is Cc1ccccc1OCc1ccccc1CCN. The largest absolute Gasteiger partial charge is 0.489 e. The standard InChI is InChI=1S/C16H19NO/c1-13-6-2-5-9-16(13)18-12-15-8-4-3-7-14(15)10-11-17/h2-9H,10-12,17H2,1H3. The summed E-state index contributed by atoms with van der Waals surface area (Å²) in [6.45, 7) is 3.32. The molecule has 0 fully saturated rings. The van der Waals surface area contributed by atoms with Crippen LogP contribution in [0.5, 0.6) is 5.75 Å². The van der Waals surface area contributed by atoms with Gasteiger partial charge in [0.1, 0.15) is 12.4 Å². The van der Waals surface area contributed by atoms with E-state index in [0.717, 1.165) is 17.7 Å². The fourth-order valence-corrected chi connectivity index (χ4v) is 1.97. The third-order valence-electron chi connectivity index (χ3n) is 3.01. The molecule has 0 saturated heterocycles. The quantitative estimate of drug-likeness (QED) is 0.873. The highest BCUT2D eigenvalue weighted by Gasteiger charge is 2.03. The van der Waals surface area contributed by atoms with E-state index >= 15 is 0 Å². The Morgan fingerprint density at radius 1 is 0.944 bits per heavy atom. The zero-order valence-corrected chi connectivity index (χ0v) is 10.7. The molecule has 2 rings (SSSR count). The zero-order valence-electron chi connectivity index (χ0n) is 10.7. The van der Waals surface area contributed by atoms with Crippen LogP contribution in [0, 0.1) is 6.92 Å². The van der Waals surface area contributed by atoms with Gasteiger partial charge in [0.05, 0.1) is 0 Å². The lowest BCUT2D eigenvalue weighted by Crippen LogP contribution is -2.07. The average Bonchev–Trinajstić information content (AvgIpc) is 2.40. The van der Waals surface area contributed by atoms with Crippen LogP contribution < -0.4 is 10.5 Å². The molecular formula is C16H19NO. The molecule has 0 radical (unpaired) electrons. The Hall–Kier alpha value is -1.80. The summed E-state index contributed by atoms with van der Waals surface area (Å²) in [7, 11) is 0. The highest BCUT2D eigenvalue weighted by atomic mass is 16.5. The zero-order chi connectivity index (χ0) is 12.8. The normalized spacial score (nSPS) is 10.3. The van der Waals surface area contributed by atoms with Gasteiger partial charge in [-0.25, -0.2) is 0 Å². The number of para-hydroxylation sites is 1. The van der Waals surface area contributed by atoms with E-state index < -0.39 is 0 Å². The van der Waals surface area contributed by atoms with Gasteiger partial charge >= 0.3 is 0 Å². The van der Waals surface area contributed by atoms with E-state index in [1.54, 1.807) is 0 Å². The summed E-state index contributed by atoms with van der Waals surface area (Å²) in [5, 5.41) is 0. The molecule has 2 heteroatoms. The fourth-order valence-electron chi connectivity index (χ4n) is 1.97. The van der Waals surface area contributed by atoms with E-state index in [4.69, 9.17) is 10.5 Å². The summed E-state index contributed by atoms with van der Waals surface area (Å²) in [5.74, 6) is 0.944.